The number of hydrogen-bond acceptors (Lipinski definition) is 5. The van der Waals surface area contributed by atoms with Crippen molar-refractivity contribution in [3.8, 4) is 0 Å². The van der Waals surface area contributed by atoms with E-state index in [0.717, 1.165) is 18.4 Å². The van der Waals surface area contributed by atoms with Crippen molar-refractivity contribution < 1.29 is 17.9 Å². The Morgan fingerprint density at radius 3 is 2.84 bits per heavy atom. The Labute approximate surface area is 146 Å². The molecule has 0 unspecified atom stereocenters. The Hall–Kier alpha value is -2.19. The second-order valence-corrected chi connectivity index (χ2v) is 8.42. The number of carbonyl (C=O) groups is 1. The summed E-state index contributed by atoms with van der Waals surface area (Å²) < 4.78 is 32.7. The number of benzene rings is 1. The summed E-state index contributed by atoms with van der Waals surface area (Å²) in [6, 6.07) is 7.98. The summed E-state index contributed by atoms with van der Waals surface area (Å²) in [6.45, 7) is 2.56. The quantitative estimate of drug-likeness (QED) is 0.839. The van der Waals surface area contributed by atoms with Gasteiger partial charge in [0, 0.05) is 18.5 Å². The minimum Gasteiger partial charge on any atom is -0.462 e. The fourth-order valence-electron chi connectivity index (χ4n) is 3.55. The second kappa shape index (κ2) is 5.67. The van der Waals surface area contributed by atoms with Gasteiger partial charge in [0.1, 0.15) is 5.56 Å². The van der Waals surface area contributed by atoms with Crippen LogP contribution in [0.5, 0.6) is 0 Å². The van der Waals surface area contributed by atoms with Crippen molar-refractivity contribution in [2.24, 2.45) is 0 Å². The first-order valence-corrected chi connectivity index (χ1v) is 9.71. The molecule has 132 valence electrons. The van der Waals surface area contributed by atoms with Crippen LogP contribution in [0.4, 0.5) is 0 Å². The van der Waals surface area contributed by atoms with Gasteiger partial charge in [0.25, 0.3) is 10.0 Å². The zero-order valence-corrected chi connectivity index (χ0v) is 14.7. The third-order valence-corrected chi connectivity index (χ3v) is 6.73. The van der Waals surface area contributed by atoms with Crippen molar-refractivity contribution in [2.75, 3.05) is 13.2 Å². The summed E-state index contributed by atoms with van der Waals surface area (Å²) in [5.74, 6) is -0.687. The van der Waals surface area contributed by atoms with Crippen LogP contribution in [0.1, 0.15) is 41.3 Å². The highest BCUT2D eigenvalue weighted by atomic mass is 32.2. The lowest BCUT2D eigenvalue weighted by Gasteiger charge is -2.34. The van der Waals surface area contributed by atoms with Crippen LogP contribution >= 0.6 is 0 Å². The monoisotopic (exact) mass is 361 g/mol. The largest absolute Gasteiger partial charge is 0.462 e. The molecule has 2 aromatic rings. The number of sulfonamides is 1. The fourth-order valence-corrected chi connectivity index (χ4v) is 5.11. The van der Waals surface area contributed by atoms with Crippen LogP contribution in [0.15, 0.2) is 35.5 Å². The third kappa shape index (κ3) is 2.56. The number of rotatable bonds is 4. The van der Waals surface area contributed by atoms with E-state index >= 15 is 0 Å². The molecule has 1 spiro atoms. The number of ether oxygens (including phenoxy) is 1. The first-order valence-electron chi connectivity index (χ1n) is 8.27. The van der Waals surface area contributed by atoms with Gasteiger partial charge >= 0.3 is 5.97 Å². The molecule has 1 saturated carbocycles. The highest BCUT2D eigenvalue weighted by molar-refractivity contribution is 7.89. The molecule has 1 aromatic heterocycles. The normalized spacial score (nSPS) is 18.8. The molecule has 8 heteroatoms. The standard InChI is InChI=1S/C17H19N3O4S/c1-2-24-16(21)13-9-18-19-15(13)25(22,23)20-10-12-5-3-4-6-14(12)17(11-20)7-8-17/h3-6,9H,2,7-8,10-11H2,1H3,(H,18,19). The molecule has 1 aromatic carbocycles. The molecule has 1 aliphatic heterocycles. The van der Waals surface area contributed by atoms with Crippen molar-refractivity contribution in [3.63, 3.8) is 0 Å². The van der Waals surface area contributed by atoms with Crippen molar-refractivity contribution in [3.05, 3.63) is 47.2 Å². The van der Waals surface area contributed by atoms with Crippen molar-refractivity contribution in [1.82, 2.24) is 14.5 Å². The van der Waals surface area contributed by atoms with Crippen LogP contribution in [-0.2, 0) is 26.7 Å². The number of esters is 1. The highest BCUT2D eigenvalue weighted by Crippen LogP contribution is 2.53. The summed E-state index contributed by atoms with van der Waals surface area (Å²) in [5, 5.41) is 6.03. The van der Waals surface area contributed by atoms with E-state index in [4.69, 9.17) is 4.74 Å². The van der Waals surface area contributed by atoms with Gasteiger partial charge in [-0.1, -0.05) is 24.3 Å². The lowest BCUT2D eigenvalue weighted by atomic mass is 9.88. The van der Waals surface area contributed by atoms with Gasteiger partial charge in [-0.2, -0.15) is 9.40 Å². The molecule has 1 aliphatic carbocycles. The molecule has 0 radical (unpaired) electrons. The van der Waals surface area contributed by atoms with Gasteiger partial charge in [0.05, 0.1) is 12.8 Å². The molecule has 0 saturated heterocycles. The van der Waals surface area contributed by atoms with E-state index < -0.39 is 16.0 Å². The summed E-state index contributed by atoms with van der Waals surface area (Å²) in [7, 11) is -3.87. The Kier molecular flexibility index (Phi) is 3.69. The van der Waals surface area contributed by atoms with Crippen molar-refractivity contribution in [1.29, 1.82) is 0 Å². The van der Waals surface area contributed by atoms with Gasteiger partial charge in [-0.05, 0) is 30.9 Å². The summed E-state index contributed by atoms with van der Waals surface area (Å²) in [4.78, 5) is 12.0. The van der Waals surface area contributed by atoms with Crippen molar-refractivity contribution in [2.45, 2.75) is 36.8 Å². The molecule has 4 rings (SSSR count). The van der Waals surface area contributed by atoms with E-state index in [2.05, 4.69) is 16.3 Å². The van der Waals surface area contributed by atoms with Gasteiger partial charge in [0.15, 0.2) is 5.03 Å². The number of aromatic nitrogens is 2. The van der Waals surface area contributed by atoms with E-state index in [-0.39, 0.29) is 22.6 Å². The first kappa shape index (κ1) is 16.3. The predicted octanol–water partition coefficient (Wildman–Crippen LogP) is 1.82. The Morgan fingerprint density at radius 2 is 2.12 bits per heavy atom. The molecule has 0 bridgehead atoms. The number of carbonyl (C=O) groups excluding carboxylic acids is 1. The van der Waals surface area contributed by atoms with Gasteiger partial charge < -0.3 is 4.74 Å². The van der Waals surface area contributed by atoms with Crippen LogP contribution in [0.25, 0.3) is 0 Å². The van der Waals surface area contributed by atoms with Crippen LogP contribution in [0.3, 0.4) is 0 Å². The highest BCUT2D eigenvalue weighted by Gasteiger charge is 2.51. The molecule has 0 amide bonds. The number of nitrogens with zero attached hydrogens (tertiary/aromatic N) is 2. The molecule has 2 aliphatic rings. The zero-order valence-electron chi connectivity index (χ0n) is 13.9. The number of H-pyrrole nitrogens is 1. The lowest BCUT2D eigenvalue weighted by Crippen LogP contribution is -2.42. The van der Waals surface area contributed by atoms with E-state index in [1.54, 1.807) is 6.92 Å². The number of nitrogens with one attached hydrogen (secondary N) is 1. The molecule has 1 fully saturated rings. The van der Waals surface area contributed by atoms with E-state index in [9.17, 15) is 13.2 Å². The van der Waals surface area contributed by atoms with Crippen LogP contribution in [0.2, 0.25) is 0 Å². The van der Waals surface area contributed by atoms with E-state index in [0.29, 0.717) is 13.1 Å². The third-order valence-electron chi connectivity index (χ3n) is 4.97. The number of hydrogen-bond donors (Lipinski definition) is 1. The molecule has 0 atom stereocenters. The molecule has 25 heavy (non-hydrogen) atoms. The van der Waals surface area contributed by atoms with Crippen LogP contribution in [0, 0.1) is 0 Å². The maximum atomic E-state index is 13.2. The molecule has 2 heterocycles. The van der Waals surface area contributed by atoms with Crippen LogP contribution in [-0.4, -0.2) is 42.0 Å². The Bertz CT molecular complexity index is 931. The van der Waals surface area contributed by atoms with Gasteiger partial charge in [-0.3, -0.25) is 5.10 Å². The maximum absolute atomic E-state index is 13.2. The summed E-state index contributed by atoms with van der Waals surface area (Å²) in [5.41, 5.74) is 2.13. The summed E-state index contributed by atoms with van der Waals surface area (Å²) >= 11 is 0. The average molecular weight is 361 g/mol. The maximum Gasteiger partial charge on any atom is 0.342 e. The van der Waals surface area contributed by atoms with Crippen LogP contribution < -0.4 is 0 Å². The smallest absolute Gasteiger partial charge is 0.342 e. The SMILES string of the molecule is CCOC(=O)c1cn[nH]c1S(=O)(=O)N1Cc2ccccc2C2(CC2)C1. The van der Waals surface area contributed by atoms with Gasteiger partial charge in [0.2, 0.25) is 0 Å². The molecular formula is C17H19N3O4S. The summed E-state index contributed by atoms with van der Waals surface area (Å²) in [6.07, 6.45) is 3.16. The molecule has 1 N–H and O–H groups in total. The number of aromatic amines is 1. The van der Waals surface area contributed by atoms with Gasteiger partial charge in [-0.15, -0.1) is 0 Å². The Balaban J connectivity index is 1.71. The predicted molar refractivity (Wildman–Crippen MR) is 89.5 cm³/mol. The average Bonchev–Trinajstić information content (AvgIpc) is 3.18. The second-order valence-electron chi connectivity index (χ2n) is 6.54. The molecular weight excluding hydrogens is 342 g/mol. The van der Waals surface area contributed by atoms with Gasteiger partial charge in [-0.25, -0.2) is 13.2 Å². The Morgan fingerprint density at radius 1 is 1.36 bits per heavy atom. The topological polar surface area (TPSA) is 92.4 Å². The van der Waals surface area contributed by atoms with E-state index in [1.165, 1.54) is 16.1 Å². The van der Waals surface area contributed by atoms with Crippen molar-refractivity contribution >= 4 is 16.0 Å². The molecule has 7 nitrogen and oxygen atoms in total. The fraction of sp³-hybridized carbons (Fsp3) is 0.412. The minimum atomic E-state index is -3.87. The lowest BCUT2D eigenvalue weighted by molar-refractivity contribution is 0.0521. The minimum absolute atomic E-state index is 0.0504. The first-order chi connectivity index (χ1) is 12.0. The van der Waals surface area contributed by atoms with E-state index in [1.807, 2.05) is 18.2 Å². The zero-order chi connectivity index (χ0) is 17.7. The number of fused-ring (bicyclic) bond motifs is 2.